The lowest BCUT2D eigenvalue weighted by atomic mass is 10.9. The third-order valence-corrected chi connectivity index (χ3v) is 2.73. The van der Waals surface area contributed by atoms with Crippen LogP contribution in [-0.2, 0) is 0 Å². The van der Waals surface area contributed by atoms with Gasteiger partial charge in [-0.15, -0.1) is 23.5 Å². The van der Waals surface area contributed by atoms with Gasteiger partial charge in [-0.2, -0.15) is 0 Å². The molecule has 1 heterocycles. The van der Waals surface area contributed by atoms with Crippen LogP contribution in [0, 0.1) is 0 Å². The molecular formula is C4H7NS2. The Bertz CT molecular complexity index is 89.7. The molecule has 0 unspecified atom stereocenters. The van der Waals surface area contributed by atoms with E-state index in [2.05, 4.69) is 11.9 Å². The monoisotopic (exact) mass is 133 g/mol. The zero-order chi connectivity index (χ0) is 5.11. The summed E-state index contributed by atoms with van der Waals surface area (Å²) in [5.74, 6) is 0.971. The van der Waals surface area contributed by atoms with Gasteiger partial charge >= 0.3 is 0 Å². The summed E-state index contributed by atoms with van der Waals surface area (Å²) in [6.45, 7) is 2.06. The largest absolute Gasteiger partial charge is 0.272 e. The van der Waals surface area contributed by atoms with Crippen LogP contribution < -0.4 is 0 Å². The number of rotatable bonds is 0. The lowest BCUT2D eigenvalue weighted by molar-refractivity contribution is 1.38. The lowest BCUT2D eigenvalue weighted by Gasteiger charge is -2.04. The van der Waals surface area contributed by atoms with E-state index in [9.17, 15) is 0 Å². The number of hydrogen-bond acceptors (Lipinski definition) is 3. The Hall–Kier alpha value is 0.370. The van der Waals surface area contributed by atoms with Crippen molar-refractivity contribution in [1.82, 2.24) is 0 Å². The van der Waals surface area contributed by atoms with Crippen molar-refractivity contribution < 1.29 is 0 Å². The molecule has 0 amide bonds. The van der Waals surface area contributed by atoms with E-state index in [0.717, 1.165) is 5.88 Å². The molecule has 0 aromatic heterocycles. The Labute approximate surface area is 52.0 Å². The molecule has 0 saturated heterocycles. The molecule has 1 nitrogen and oxygen atoms in total. The summed E-state index contributed by atoms with van der Waals surface area (Å²) in [6, 6.07) is 0. The summed E-state index contributed by atoms with van der Waals surface area (Å²) in [4.78, 5) is 4.17. The second-order valence-electron chi connectivity index (χ2n) is 1.27. The van der Waals surface area contributed by atoms with Gasteiger partial charge in [-0.1, -0.05) is 0 Å². The molecule has 0 spiro atoms. The van der Waals surface area contributed by atoms with Gasteiger partial charge in [-0.05, 0) is 6.92 Å². The second-order valence-corrected chi connectivity index (χ2v) is 3.76. The van der Waals surface area contributed by atoms with Gasteiger partial charge in [0.2, 0.25) is 0 Å². The third-order valence-electron chi connectivity index (χ3n) is 0.730. The molecular weight excluding hydrogens is 126 g/mol. The van der Waals surface area contributed by atoms with Crippen LogP contribution in [0.2, 0.25) is 0 Å². The minimum Gasteiger partial charge on any atom is -0.272 e. The van der Waals surface area contributed by atoms with E-state index in [1.165, 1.54) is 10.1 Å². The highest BCUT2D eigenvalue weighted by Crippen LogP contribution is 2.18. The van der Waals surface area contributed by atoms with Crippen molar-refractivity contribution in [3.63, 3.8) is 0 Å². The van der Waals surface area contributed by atoms with Gasteiger partial charge in [0.1, 0.15) is 0 Å². The zero-order valence-corrected chi connectivity index (χ0v) is 5.81. The summed E-state index contributed by atoms with van der Waals surface area (Å²) in [5.41, 5.74) is 0. The Morgan fingerprint density at radius 3 is 2.86 bits per heavy atom. The molecule has 40 valence electrons. The lowest BCUT2D eigenvalue weighted by Crippen LogP contribution is -1.92. The Kier molecular flexibility index (Phi) is 2.06. The number of hydrogen-bond donors (Lipinski definition) is 0. The standard InChI is InChI=1S/C4H7NS2/c1-4-5-2-6-3-7-4/h2-3H2,1H3. The average Bonchev–Trinajstić information content (AvgIpc) is 1.69. The first kappa shape index (κ1) is 5.51. The highest BCUT2D eigenvalue weighted by molar-refractivity contribution is 8.24. The smallest absolute Gasteiger partial charge is 0.0861 e. The van der Waals surface area contributed by atoms with Gasteiger partial charge in [0.15, 0.2) is 0 Å². The number of nitrogens with zero attached hydrogens (tertiary/aromatic N) is 1. The molecule has 0 fully saturated rings. The van der Waals surface area contributed by atoms with Crippen LogP contribution >= 0.6 is 23.5 Å². The number of thioether (sulfide) groups is 2. The molecule has 0 saturated carbocycles. The highest BCUT2D eigenvalue weighted by Gasteiger charge is 1.97. The van der Waals surface area contributed by atoms with E-state index in [4.69, 9.17) is 0 Å². The topological polar surface area (TPSA) is 12.4 Å². The molecule has 3 heteroatoms. The fourth-order valence-corrected chi connectivity index (χ4v) is 2.18. The minimum absolute atomic E-state index is 0.971. The second kappa shape index (κ2) is 2.62. The molecule has 1 aliphatic heterocycles. The molecule has 0 aliphatic carbocycles. The Morgan fingerprint density at radius 1 is 1.71 bits per heavy atom. The maximum atomic E-state index is 4.17. The minimum atomic E-state index is 0.971. The van der Waals surface area contributed by atoms with E-state index < -0.39 is 0 Å². The van der Waals surface area contributed by atoms with E-state index in [1.807, 2.05) is 23.5 Å². The quantitative estimate of drug-likeness (QED) is 0.499. The predicted molar refractivity (Wildman–Crippen MR) is 38.0 cm³/mol. The van der Waals surface area contributed by atoms with Crippen molar-refractivity contribution in [2.45, 2.75) is 6.92 Å². The molecule has 0 N–H and O–H groups in total. The van der Waals surface area contributed by atoms with Crippen molar-refractivity contribution in [2.75, 3.05) is 11.0 Å². The van der Waals surface area contributed by atoms with Crippen molar-refractivity contribution in [3.8, 4) is 0 Å². The third kappa shape index (κ3) is 1.74. The van der Waals surface area contributed by atoms with Crippen LogP contribution in [0.1, 0.15) is 6.92 Å². The molecule has 0 atom stereocenters. The van der Waals surface area contributed by atoms with Crippen LogP contribution in [0.15, 0.2) is 4.99 Å². The fraction of sp³-hybridized carbons (Fsp3) is 0.750. The van der Waals surface area contributed by atoms with Crippen molar-refractivity contribution in [2.24, 2.45) is 4.99 Å². The van der Waals surface area contributed by atoms with Crippen LogP contribution in [0.25, 0.3) is 0 Å². The maximum absolute atomic E-state index is 4.17. The van der Waals surface area contributed by atoms with E-state index >= 15 is 0 Å². The van der Waals surface area contributed by atoms with Crippen LogP contribution in [-0.4, -0.2) is 16.0 Å². The summed E-state index contributed by atoms with van der Waals surface area (Å²) < 4.78 is 0. The average molecular weight is 133 g/mol. The predicted octanol–water partition coefficient (Wildman–Crippen LogP) is 1.80. The molecule has 0 bridgehead atoms. The molecule has 0 radical (unpaired) electrons. The fourth-order valence-electron chi connectivity index (χ4n) is 0.346. The summed E-state index contributed by atoms with van der Waals surface area (Å²) in [5, 5.41) is 2.42. The Balaban J connectivity index is 2.40. The van der Waals surface area contributed by atoms with Crippen LogP contribution in [0.3, 0.4) is 0 Å². The molecule has 0 aromatic rings. The first-order valence-electron chi connectivity index (χ1n) is 2.11. The van der Waals surface area contributed by atoms with E-state index in [0.29, 0.717) is 0 Å². The normalized spacial score (nSPS) is 21.6. The van der Waals surface area contributed by atoms with E-state index in [-0.39, 0.29) is 0 Å². The van der Waals surface area contributed by atoms with Crippen LogP contribution in [0.4, 0.5) is 0 Å². The van der Waals surface area contributed by atoms with Crippen molar-refractivity contribution in [3.05, 3.63) is 0 Å². The first-order valence-corrected chi connectivity index (χ1v) is 4.25. The zero-order valence-electron chi connectivity index (χ0n) is 4.18. The van der Waals surface area contributed by atoms with Crippen molar-refractivity contribution >= 4 is 28.6 Å². The van der Waals surface area contributed by atoms with E-state index in [1.54, 1.807) is 0 Å². The van der Waals surface area contributed by atoms with Gasteiger partial charge < -0.3 is 0 Å². The maximum Gasteiger partial charge on any atom is 0.0861 e. The van der Waals surface area contributed by atoms with Crippen LogP contribution in [0.5, 0.6) is 0 Å². The molecule has 1 rings (SSSR count). The molecule has 7 heavy (non-hydrogen) atoms. The number of aliphatic imine (C=N–C) groups is 1. The molecule has 0 aromatic carbocycles. The first-order chi connectivity index (χ1) is 3.39. The van der Waals surface area contributed by atoms with Gasteiger partial charge in [0.25, 0.3) is 0 Å². The summed E-state index contributed by atoms with van der Waals surface area (Å²) in [7, 11) is 0. The molecule has 1 aliphatic rings. The van der Waals surface area contributed by atoms with Gasteiger partial charge in [0.05, 0.1) is 10.9 Å². The van der Waals surface area contributed by atoms with Gasteiger partial charge in [0, 0.05) is 5.08 Å². The SMILES string of the molecule is CC1=NCSCS1. The summed E-state index contributed by atoms with van der Waals surface area (Å²) in [6.07, 6.45) is 0. The highest BCUT2D eigenvalue weighted by atomic mass is 32.2. The van der Waals surface area contributed by atoms with Gasteiger partial charge in [-0.3, -0.25) is 4.99 Å². The summed E-state index contributed by atoms with van der Waals surface area (Å²) >= 11 is 3.71. The van der Waals surface area contributed by atoms with Gasteiger partial charge in [-0.25, -0.2) is 0 Å². The Morgan fingerprint density at radius 2 is 2.57 bits per heavy atom. The van der Waals surface area contributed by atoms with Crippen molar-refractivity contribution in [1.29, 1.82) is 0 Å².